The van der Waals surface area contributed by atoms with Crippen molar-refractivity contribution in [1.82, 2.24) is 14.9 Å². The molecule has 0 unspecified atom stereocenters. The van der Waals surface area contributed by atoms with Gasteiger partial charge in [0.1, 0.15) is 11.5 Å². The van der Waals surface area contributed by atoms with Gasteiger partial charge in [-0.2, -0.15) is 0 Å². The van der Waals surface area contributed by atoms with Gasteiger partial charge < -0.3 is 10.2 Å². The van der Waals surface area contributed by atoms with Gasteiger partial charge >= 0.3 is 0 Å². The van der Waals surface area contributed by atoms with E-state index in [0.717, 1.165) is 25.9 Å². The molecule has 1 amide bonds. The molecule has 0 spiro atoms. The maximum absolute atomic E-state index is 13.6. The quantitative estimate of drug-likeness (QED) is 0.907. The van der Waals surface area contributed by atoms with Crippen molar-refractivity contribution in [2.75, 3.05) is 25.0 Å². The number of piperidine rings is 1. The minimum Gasteiger partial charge on any atom is -0.354 e. The summed E-state index contributed by atoms with van der Waals surface area (Å²) in [6, 6.07) is 8.33. The van der Waals surface area contributed by atoms with Crippen LogP contribution in [0, 0.1) is 11.7 Å². The van der Waals surface area contributed by atoms with Crippen molar-refractivity contribution < 1.29 is 9.18 Å². The lowest BCUT2D eigenvalue weighted by atomic mass is 9.99. The lowest BCUT2D eigenvalue weighted by Gasteiger charge is -2.30. The summed E-state index contributed by atoms with van der Waals surface area (Å²) in [6.07, 6.45) is 4.17. The fraction of sp³-hybridized carbons (Fsp3) is 0.421. The van der Waals surface area contributed by atoms with Gasteiger partial charge in [-0.15, -0.1) is 0 Å². The molecule has 1 fully saturated rings. The average molecular weight is 342 g/mol. The van der Waals surface area contributed by atoms with E-state index in [9.17, 15) is 9.18 Å². The summed E-state index contributed by atoms with van der Waals surface area (Å²) in [7, 11) is 0. The van der Waals surface area contributed by atoms with E-state index < -0.39 is 0 Å². The van der Waals surface area contributed by atoms with Crippen LogP contribution in [-0.4, -0.2) is 40.4 Å². The van der Waals surface area contributed by atoms with Crippen LogP contribution < -0.4 is 5.32 Å². The molecule has 0 bridgehead atoms. The maximum atomic E-state index is 13.6. The van der Waals surface area contributed by atoms with Crippen molar-refractivity contribution in [3.05, 3.63) is 53.6 Å². The van der Waals surface area contributed by atoms with Gasteiger partial charge in [0, 0.05) is 25.8 Å². The zero-order valence-electron chi connectivity index (χ0n) is 14.4. The van der Waals surface area contributed by atoms with Crippen LogP contribution in [0.1, 0.15) is 35.8 Å². The Kier molecular flexibility index (Phi) is 5.58. The first-order chi connectivity index (χ1) is 12.1. The molecule has 5 nitrogen and oxygen atoms in total. The van der Waals surface area contributed by atoms with Crippen LogP contribution in [0.25, 0.3) is 0 Å². The van der Waals surface area contributed by atoms with Gasteiger partial charge in [-0.1, -0.05) is 25.1 Å². The highest BCUT2D eigenvalue weighted by Gasteiger charge is 2.22. The van der Waals surface area contributed by atoms with Crippen LogP contribution in [0.15, 0.2) is 36.5 Å². The number of anilines is 1. The van der Waals surface area contributed by atoms with E-state index >= 15 is 0 Å². The van der Waals surface area contributed by atoms with Gasteiger partial charge in [0.15, 0.2) is 0 Å². The number of halogens is 1. The third-order valence-electron chi connectivity index (χ3n) is 4.58. The van der Waals surface area contributed by atoms with E-state index in [1.165, 1.54) is 6.07 Å². The van der Waals surface area contributed by atoms with E-state index in [2.05, 4.69) is 22.2 Å². The average Bonchev–Trinajstić information content (AvgIpc) is 2.64. The van der Waals surface area contributed by atoms with E-state index in [1.807, 2.05) is 11.0 Å². The Bertz CT molecular complexity index is 729. The number of likely N-dealkylation sites (tertiary alicyclic amines) is 1. The van der Waals surface area contributed by atoms with Crippen LogP contribution in [0.4, 0.5) is 10.3 Å². The number of carbonyl (C=O) groups excluding carboxylic acids is 1. The summed E-state index contributed by atoms with van der Waals surface area (Å²) in [5.41, 5.74) is 1.04. The third kappa shape index (κ3) is 4.53. The molecule has 0 aliphatic carbocycles. The zero-order chi connectivity index (χ0) is 17.6. The topological polar surface area (TPSA) is 58.1 Å². The Morgan fingerprint density at radius 1 is 1.28 bits per heavy atom. The van der Waals surface area contributed by atoms with E-state index in [0.29, 0.717) is 36.1 Å². The van der Waals surface area contributed by atoms with Crippen LogP contribution in [0.2, 0.25) is 0 Å². The van der Waals surface area contributed by atoms with Crippen LogP contribution >= 0.6 is 0 Å². The molecule has 1 N–H and O–H groups in total. The predicted molar refractivity (Wildman–Crippen MR) is 94.9 cm³/mol. The van der Waals surface area contributed by atoms with Gasteiger partial charge in [0.2, 0.25) is 5.95 Å². The molecule has 0 atom stereocenters. The normalized spacial score (nSPS) is 15.2. The van der Waals surface area contributed by atoms with Crippen LogP contribution in [-0.2, 0) is 6.42 Å². The van der Waals surface area contributed by atoms with Gasteiger partial charge in [-0.25, -0.2) is 14.4 Å². The number of hydrogen-bond donors (Lipinski definition) is 1. The maximum Gasteiger partial charge on any atom is 0.272 e. The van der Waals surface area contributed by atoms with E-state index in [-0.39, 0.29) is 11.7 Å². The molecule has 6 heteroatoms. The highest BCUT2D eigenvalue weighted by atomic mass is 19.1. The summed E-state index contributed by atoms with van der Waals surface area (Å²) in [5, 5.41) is 3.07. The van der Waals surface area contributed by atoms with Gasteiger partial charge in [-0.3, -0.25) is 4.79 Å². The van der Waals surface area contributed by atoms with Gasteiger partial charge in [0.25, 0.3) is 5.91 Å². The standard InChI is InChI=1S/C19H23FN4O/c1-14-8-12-24(13-9-14)18(25)17-7-11-22-19(23-17)21-10-6-15-4-2-3-5-16(15)20/h2-5,7,11,14H,6,8-10,12-13H2,1H3,(H,21,22,23). The molecule has 1 aliphatic heterocycles. The predicted octanol–water partition coefficient (Wildman–Crippen LogP) is 3.14. The molecule has 1 aliphatic rings. The molecular formula is C19H23FN4O. The van der Waals surface area contributed by atoms with Gasteiger partial charge in [0.05, 0.1) is 0 Å². The van der Waals surface area contributed by atoms with E-state index in [1.54, 1.807) is 24.4 Å². The molecule has 1 saturated heterocycles. The molecule has 2 aromatic rings. The lowest BCUT2D eigenvalue weighted by Crippen LogP contribution is -2.38. The first-order valence-corrected chi connectivity index (χ1v) is 8.73. The molecule has 0 saturated carbocycles. The van der Waals surface area contributed by atoms with Gasteiger partial charge in [-0.05, 0) is 42.9 Å². The van der Waals surface area contributed by atoms with Crippen molar-refractivity contribution in [3.8, 4) is 0 Å². The first kappa shape index (κ1) is 17.3. The molecule has 2 heterocycles. The number of aromatic nitrogens is 2. The largest absolute Gasteiger partial charge is 0.354 e. The summed E-state index contributed by atoms with van der Waals surface area (Å²) in [6.45, 7) is 4.27. The lowest BCUT2D eigenvalue weighted by molar-refractivity contribution is 0.0691. The number of rotatable bonds is 5. The number of amides is 1. The molecule has 0 radical (unpaired) electrons. The highest BCUT2D eigenvalue weighted by Crippen LogP contribution is 2.18. The van der Waals surface area contributed by atoms with Crippen molar-refractivity contribution in [1.29, 1.82) is 0 Å². The van der Waals surface area contributed by atoms with Crippen molar-refractivity contribution in [3.63, 3.8) is 0 Å². The molecule has 1 aromatic heterocycles. The zero-order valence-corrected chi connectivity index (χ0v) is 14.4. The summed E-state index contributed by atoms with van der Waals surface area (Å²) in [4.78, 5) is 22.9. The Morgan fingerprint density at radius 3 is 2.80 bits per heavy atom. The molecule has 1 aromatic carbocycles. The second-order valence-corrected chi connectivity index (χ2v) is 6.51. The first-order valence-electron chi connectivity index (χ1n) is 8.73. The fourth-order valence-electron chi connectivity index (χ4n) is 2.95. The SMILES string of the molecule is CC1CCN(C(=O)c2ccnc(NCCc3ccccc3F)n2)CC1. The Morgan fingerprint density at radius 2 is 2.04 bits per heavy atom. The Hall–Kier alpha value is -2.50. The van der Waals surface area contributed by atoms with Crippen LogP contribution in [0.3, 0.4) is 0 Å². The highest BCUT2D eigenvalue weighted by molar-refractivity contribution is 5.92. The molecule has 3 rings (SSSR count). The number of benzene rings is 1. The third-order valence-corrected chi connectivity index (χ3v) is 4.58. The number of hydrogen-bond acceptors (Lipinski definition) is 4. The smallest absolute Gasteiger partial charge is 0.272 e. The van der Waals surface area contributed by atoms with Crippen molar-refractivity contribution in [2.45, 2.75) is 26.2 Å². The second-order valence-electron chi connectivity index (χ2n) is 6.51. The summed E-state index contributed by atoms with van der Waals surface area (Å²) >= 11 is 0. The Labute approximate surface area is 147 Å². The second kappa shape index (κ2) is 8.05. The number of carbonyl (C=O) groups is 1. The van der Waals surface area contributed by atoms with Crippen LogP contribution in [0.5, 0.6) is 0 Å². The number of nitrogens with zero attached hydrogens (tertiary/aromatic N) is 3. The van der Waals surface area contributed by atoms with Crippen molar-refractivity contribution in [2.24, 2.45) is 5.92 Å². The summed E-state index contributed by atoms with van der Waals surface area (Å²) in [5.74, 6) is 0.803. The molecule has 132 valence electrons. The number of nitrogens with one attached hydrogen (secondary N) is 1. The summed E-state index contributed by atoms with van der Waals surface area (Å²) < 4.78 is 13.6. The Balaban J connectivity index is 1.58. The fourth-order valence-corrected chi connectivity index (χ4v) is 2.95. The monoisotopic (exact) mass is 342 g/mol. The minimum absolute atomic E-state index is 0.0496. The van der Waals surface area contributed by atoms with Crippen molar-refractivity contribution >= 4 is 11.9 Å². The molecular weight excluding hydrogens is 319 g/mol. The van der Waals surface area contributed by atoms with E-state index in [4.69, 9.17) is 0 Å². The minimum atomic E-state index is -0.214. The molecule has 25 heavy (non-hydrogen) atoms.